The lowest BCUT2D eigenvalue weighted by Gasteiger charge is -2.42. The van der Waals surface area contributed by atoms with E-state index in [4.69, 9.17) is 0 Å². The fourth-order valence-corrected chi connectivity index (χ4v) is 6.19. The lowest BCUT2D eigenvalue weighted by molar-refractivity contribution is 0.417. The van der Waals surface area contributed by atoms with Crippen molar-refractivity contribution in [3.8, 4) is 0 Å². The Bertz CT molecular complexity index is 336. The zero-order valence-electron chi connectivity index (χ0n) is 11.8. The van der Waals surface area contributed by atoms with Crippen molar-refractivity contribution in [3.05, 3.63) is 24.3 Å². The van der Waals surface area contributed by atoms with Crippen molar-refractivity contribution < 1.29 is 4.57 Å². The van der Waals surface area contributed by atoms with Crippen LogP contribution in [0.5, 0.6) is 0 Å². The molecule has 1 aliphatic rings. The zero-order chi connectivity index (χ0) is 13.1. The molecule has 0 fully saturated rings. The molecule has 0 N–H and O–H groups in total. The number of nitrogens with zero attached hydrogens (tertiary/aromatic N) is 1. The van der Waals surface area contributed by atoms with Crippen molar-refractivity contribution in [2.24, 2.45) is 0 Å². The Labute approximate surface area is 106 Å². The van der Waals surface area contributed by atoms with Gasteiger partial charge in [-0.2, -0.15) is 0 Å². The summed E-state index contributed by atoms with van der Waals surface area (Å²) in [5.74, 6) is 0. The van der Waals surface area contributed by atoms with E-state index < -0.39 is 7.29 Å². The average molecular weight is 255 g/mol. The fourth-order valence-electron chi connectivity index (χ4n) is 2.52. The van der Waals surface area contributed by atoms with Crippen LogP contribution in [0.4, 0.5) is 0 Å². The number of hydrogen-bond donors (Lipinski definition) is 0. The first-order valence-corrected chi connectivity index (χ1v) is 8.29. The van der Waals surface area contributed by atoms with Crippen molar-refractivity contribution in [1.82, 2.24) is 4.67 Å². The molecule has 17 heavy (non-hydrogen) atoms. The lowest BCUT2D eigenvalue weighted by atomic mass is 10.2. The summed E-state index contributed by atoms with van der Waals surface area (Å²) in [5, 5.41) is -0.185. The molecule has 0 heterocycles. The van der Waals surface area contributed by atoms with Gasteiger partial charge in [-0.25, -0.2) is 0 Å². The van der Waals surface area contributed by atoms with Gasteiger partial charge in [-0.05, 0) is 6.42 Å². The van der Waals surface area contributed by atoms with E-state index in [2.05, 4.69) is 63.6 Å². The zero-order valence-corrected chi connectivity index (χ0v) is 12.7. The Morgan fingerprint density at radius 2 is 1.65 bits per heavy atom. The van der Waals surface area contributed by atoms with Crippen LogP contribution in [0.2, 0.25) is 0 Å². The predicted molar refractivity (Wildman–Crippen MR) is 77.0 cm³/mol. The van der Waals surface area contributed by atoms with E-state index in [9.17, 15) is 4.57 Å². The van der Waals surface area contributed by atoms with Gasteiger partial charge in [-0.1, -0.05) is 58.9 Å². The molecule has 1 unspecified atom stereocenters. The van der Waals surface area contributed by atoms with Crippen molar-refractivity contribution in [2.75, 3.05) is 13.1 Å². The van der Waals surface area contributed by atoms with Gasteiger partial charge in [-0.3, -0.25) is 4.67 Å². The summed E-state index contributed by atoms with van der Waals surface area (Å²) >= 11 is 0. The third-order valence-corrected chi connectivity index (χ3v) is 7.94. The first-order valence-electron chi connectivity index (χ1n) is 6.56. The van der Waals surface area contributed by atoms with Crippen LogP contribution >= 0.6 is 7.29 Å². The second kappa shape index (κ2) is 5.54. The van der Waals surface area contributed by atoms with Crippen molar-refractivity contribution in [2.45, 2.75) is 51.9 Å². The quantitative estimate of drug-likeness (QED) is 0.551. The van der Waals surface area contributed by atoms with Crippen LogP contribution in [0.15, 0.2) is 24.3 Å². The molecule has 0 aromatic heterocycles. The van der Waals surface area contributed by atoms with Gasteiger partial charge in [0.25, 0.3) is 0 Å². The minimum absolute atomic E-state index is 0.0798. The first-order chi connectivity index (χ1) is 7.87. The van der Waals surface area contributed by atoms with E-state index in [1.165, 1.54) is 0 Å². The van der Waals surface area contributed by atoms with Gasteiger partial charge < -0.3 is 4.57 Å². The van der Waals surface area contributed by atoms with Crippen LogP contribution in [0.3, 0.4) is 0 Å². The van der Waals surface area contributed by atoms with Gasteiger partial charge in [-0.15, -0.1) is 0 Å². The Kier molecular flexibility index (Phi) is 4.80. The normalized spacial score (nSPS) is 20.8. The molecule has 1 atom stereocenters. The topological polar surface area (TPSA) is 20.3 Å². The first kappa shape index (κ1) is 14.7. The van der Waals surface area contributed by atoms with E-state index in [0.29, 0.717) is 0 Å². The SMILES string of the molecule is CCN(CC)P(=O)(C1C=CCC=C1)C(C)(C)C. The molecule has 1 aliphatic carbocycles. The maximum absolute atomic E-state index is 13.6. The minimum atomic E-state index is -2.43. The summed E-state index contributed by atoms with van der Waals surface area (Å²) in [7, 11) is -2.43. The summed E-state index contributed by atoms with van der Waals surface area (Å²) in [5.41, 5.74) is 0.0798. The van der Waals surface area contributed by atoms with Gasteiger partial charge in [0, 0.05) is 18.2 Å². The van der Waals surface area contributed by atoms with Crippen LogP contribution in [-0.2, 0) is 4.57 Å². The Hall–Kier alpha value is -0.330. The molecule has 3 heteroatoms. The monoisotopic (exact) mass is 255 g/mol. The predicted octanol–water partition coefficient (Wildman–Crippen LogP) is 4.29. The van der Waals surface area contributed by atoms with Crippen molar-refractivity contribution in [1.29, 1.82) is 0 Å². The molecule has 98 valence electrons. The van der Waals surface area contributed by atoms with Crippen LogP contribution in [0.25, 0.3) is 0 Å². The standard InChI is InChI=1S/C14H26NOP/c1-6-15(7-2)17(16,14(3,4)5)13-11-9-8-10-12-13/h9-13H,6-8H2,1-5H3. The highest BCUT2D eigenvalue weighted by molar-refractivity contribution is 7.64. The summed E-state index contributed by atoms with van der Waals surface area (Å²) in [6, 6.07) is 0. The third-order valence-electron chi connectivity index (χ3n) is 3.45. The van der Waals surface area contributed by atoms with Gasteiger partial charge in [0.15, 0.2) is 7.29 Å². The van der Waals surface area contributed by atoms with E-state index in [0.717, 1.165) is 19.5 Å². The molecule has 0 radical (unpaired) electrons. The second-order valence-electron chi connectivity index (χ2n) is 5.52. The van der Waals surface area contributed by atoms with Crippen molar-refractivity contribution >= 4 is 7.29 Å². The highest BCUT2D eigenvalue weighted by Gasteiger charge is 2.45. The summed E-state index contributed by atoms with van der Waals surface area (Å²) in [4.78, 5) is 0. The second-order valence-corrected chi connectivity index (χ2v) is 9.26. The molecule has 2 nitrogen and oxygen atoms in total. The number of rotatable bonds is 4. The van der Waals surface area contributed by atoms with Gasteiger partial charge >= 0.3 is 0 Å². The summed E-state index contributed by atoms with van der Waals surface area (Å²) < 4.78 is 15.7. The number of hydrogen-bond acceptors (Lipinski definition) is 1. The molecule has 1 rings (SSSR count). The Morgan fingerprint density at radius 1 is 1.18 bits per heavy atom. The fraction of sp³-hybridized carbons (Fsp3) is 0.714. The van der Waals surface area contributed by atoms with Crippen molar-refractivity contribution in [3.63, 3.8) is 0 Å². The van der Waals surface area contributed by atoms with Crippen LogP contribution in [0, 0.1) is 0 Å². The smallest absolute Gasteiger partial charge is 0.165 e. The third kappa shape index (κ3) is 2.74. The molecule has 0 aliphatic heterocycles. The molecule has 0 saturated carbocycles. The summed E-state index contributed by atoms with van der Waals surface area (Å²) in [6.45, 7) is 12.2. The highest BCUT2D eigenvalue weighted by atomic mass is 31.2. The van der Waals surface area contributed by atoms with Crippen LogP contribution in [-0.4, -0.2) is 28.6 Å². The molecule has 0 aromatic carbocycles. The van der Waals surface area contributed by atoms with E-state index >= 15 is 0 Å². The maximum Gasteiger partial charge on any atom is 0.165 e. The molecule has 0 amide bonds. The largest absolute Gasteiger partial charge is 0.305 e. The van der Waals surface area contributed by atoms with Gasteiger partial charge in [0.1, 0.15) is 0 Å². The van der Waals surface area contributed by atoms with Gasteiger partial charge in [0.05, 0.1) is 5.66 Å². The molecule has 0 aromatic rings. The molecule has 0 spiro atoms. The van der Waals surface area contributed by atoms with E-state index in [-0.39, 0.29) is 10.8 Å². The van der Waals surface area contributed by atoms with Crippen LogP contribution < -0.4 is 0 Å². The molecule has 0 saturated heterocycles. The minimum Gasteiger partial charge on any atom is -0.305 e. The van der Waals surface area contributed by atoms with E-state index in [1.54, 1.807) is 0 Å². The highest BCUT2D eigenvalue weighted by Crippen LogP contribution is 2.65. The Morgan fingerprint density at radius 3 is 2.00 bits per heavy atom. The lowest BCUT2D eigenvalue weighted by Crippen LogP contribution is -2.35. The molecular weight excluding hydrogens is 229 g/mol. The molecule has 0 bridgehead atoms. The average Bonchev–Trinajstić information content (AvgIpc) is 2.30. The maximum atomic E-state index is 13.6. The summed E-state index contributed by atoms with van der Waals surface area (Å²) in [6.07, 6.45) is 9.49. The Balaban J connectivity index is 3.19. The van der Waals surface area contributed by atoms with Gasteiger partial charge in [0.2, 0.25) is 0 Å². The van der Waals surface area contributed by atoms with Crippen LogP contribution in [0.1, 0.15) is 41.0 Å². The number of allylic oxidation sites excluding steroid dienone is 4. The molecular formula is C14H26NOP. The van der Waals surface area contributed by atoms with E-state index in [1.807, 2.05) is 0 Å².